The number of hydrogen-bond donors (Lipinski definition) is 0. The maximum atomic E-state index is 10.6. The average Bonchev–Trinajstić information content (AvgIpc) is 2.82. The molecule has 2 aromatic rings. The lowest BCUT2D eigenvalue weighted by molar-refractivity contribution is -0.384. The minimum Gasteiger partial charge on any atom is -0.491 e. The molecule has 18 heavy (non-hydrogen) atoms. The second-order valence-corrected chi connectivity index (χ2v) is 3.58. The van der Waals surface area contributed by atoms with E-state index in [1.165, 1.54) is 12.1 Å². The van der Waals surface area contributed by atoms with E-state index in [2.05, 4.69) is 0 Å². The fourth-order valence-electron chi connectivity index (χ4n) is 1.62. The number of nitro benzene ring substituents is 1. The molecule has 1 aromatic carbocycles. The van der Waals surface area contributed by atoms with Gasteiger partial charge >= 0.3 is 0 Å². The molecule has 1 aromatic heterocycles. The molecule has 0 bridgehead atoms. The maximum Gasteiger partial charge on any atom is 0.269 e. The van der Waals surface area contributed by atoms with Crippen LogP contribution in [0.1, 0.15) is 0 Å². The molecule has 0 fully saturated rings. The number of benzene rings is 1. The van der Waals surface area contributed by atoms with Gasteiger partial charge in [0, 0.05) is 17.8 Å². The molecule has 0 N–H and O–H groups in total. The molecular formula is C12H12N2O4. The highest BCUT2D eigenvalue weighted by molar-refractivity contribution is 5.46. The first kappa shape index (κ1) is 12.0. The van der Waals surface area contributed by atoms with Crippen LogP contribution in [-0.2, 0) is 0 Å². The van der Waals surface area contributed by atoms with E-state index in [1.54, 1.807) is 43.3 Å². The van der Waals surface area contributed by atoms with Gasteiger partial charge in [0.25, 0.3) is 5.69 Å². The summed E-state index contributed by atoms with van der Waals surface area (Å²) in [5, 5.41) is 10.6. The van der Waals surface area contributed by atoms with Crippen molar-refractivity contribution in [2.45, 2.75) is 0 Å². The number of methoxy groups -OCH3 is 2. The third-order valence-corrected chi connectivity index (χ3v) is 2.55. The molecule has 0 unspecified atom stereocenters. The van der Waals surface area contributed by atoms with Crippen molar-refractivity contribution in [3.8, 4) is 17.2 Å². The average molecular weight is 248 g/mol. The Balaban J connectivity index is 2.36. The zero-order chi connectivity index (χ0) is 13.1. The summed E-state index contributed by atoms with van der Waals surface area (Å²) in [7, 11) is 3.11. The number of nitro groups is 1. The summed E-state index contributed by atoms with van der Waals surface area (Å²) >= 11 is 0. The highest BCUT2D eigenvalue weighted by atomic mass is 16.6. The van der Waals surface area contributed by atoms with E-state index >= 15 is 0 Å². The Morgan fingerprint density at radius 1 is 1.06 bits per heavy atom. The standard InChI is InChI=1S/C12H12N2O4/c1-17-11-7-13(8-12(11)18-2)9-3-5-10(6-4-9)14(15)16/h3-8H,1-2H3. The second-order valence-electron chi connectivity index (χ2n) is 3.58. The second kappa shape index (κ2) is 4.79. The van der Waals surface area contributed by atoms with Crippen molar-refractivity contribution in [2.24, 2.45) is 0 Å². The van der Waals surface area contributed by atoms with Crippen LogP contribution < -0.4 is 9.47 Å². The van der Waals surface area contributed by atoms with Crippen molar-refractivity contribution >= 4 is 5.69 Å². The molecule has 2 rings (SSSR count). The molecule has 0 saturated carbocycles. The fraction of sp³-hybridized carbons (Fsp3) is 0.167. The summed E-state index contributed by atoms with van der Waals surface area (Å²) in [5.74, 6) is 1.21. The van der Waals surface area contributed by atoms with Gasteiger partial charge in [-0.1, -0.05) is 0 Å². The molecule has 94 valence electrons. The molecule has 0 aliphatic rings. The minimum absolute atomic E-state index is 0.0600. The van der Waals surface area contributed by atoms with Crippen LogP contribution in [0.5, 0.6) is 11.5 Å². The van der Waals surface area contributed by atoms with E-state index in [-0.39, 0.29) is 5.69 Å². The Bertz CT molecular complexity index is 538. The Hall–Kier alpha value is -2.50. The molecule has 1 heterocycles. The summed E-state index contributed by atoms with van der Waals surface area (Å²) in [5.41, 5.74) is 0.854. The van der Waals surface area contributed by atoms with Crippen molar-refractivity contribution in [1.29, 1.82) is 0 Å². The van der Waals surface area contributed by atoms with Crippen LogP contribution in [0, 0.1) is 10.1 Å². The van der Waals surface area contributed by atoms with Gasteiger partial charge in [-0.05, 0) is 12.1 Å². The summed E-state index contributed by atoms with van der Waals surface area (Å²) in [6, 6.07) is 6.23. The van der Waals surface area contributed by atoms with E-state index in [0.717, 1.165) is 5.69 Å². The lowest BCUT2D eigenvalue weighted by atomic mass is 10.3. The first-order valence-electron chi connectivity index (χ1n) is 5.20. The Morgan fingerprint density at radius 2 is 1.56 bits per heavy atom. The van der Waals surface area contributed by atoms with Crippen molar-refractivity contribution < 1.29 is 14.4 Å². The monoisotopic (exact) mass is 248 g/mol. The summed E-state index contributed by atoms with van der Waals surface area (Å²) in [6.07, 6.45) is 3.50. The van der Waals surface area contributed by atoms with Crippen LogP contribution in [0.15, 0.2) is 36.7 Å². The van der Waals surface area contributed by atoms with Crippen LogP contribution in [0.4, 0.5) is 5.69 Å². The van der Waals surface area contributed by atoms with Crippen LogP contribution in [0.3, 0.4) is 0 Å². The number of hydrogen-bond acceptors (Lipinski definition) is 4. The number of rotatable bonds is 4. The normalized spacial score (nSPS) is 10.1. The third kappa shape index (κ3) is 2.13. The van der Waals surface area contributed by atoms with Gasteiger partial charge in [-0.3, -0.25) is 10.1 Å². The largest absolute Gasteiger partial charge is 0.491 e. The Kier molecular flexibility index (Phi) is 3.18. The fourth-order valence-corrected chi connectivity index (χ4v) is 1.62. The van der Waals surface area contributed by atoms with E-state index in [9.17, 15) is 10.1 Å². The molecule has 0 atom stereocenters. The van der Waals surface area contributed by atoms with Gasteiger partial charge in [0.1, 0.15) is 0 Å². The minimum atomic E-state index is -0.430. The smallest absolute Gasteiger partial charge is 0.269 e. The van der Waals surface area contributed by atoms with Crippen molar-refractivity contribution in [1.82, 2.24) is 4.57 Å². The molecule has 0 radical (unpaired) electrons. The molecule has 0 saturated heterocycles. The lowest BCUT2D eigenvalue weighted by Crippen LogP contribution is -1.92. The van der Waals surface area contributed by atoms with Crippen LogP contribution in [-0.4, -0.2) is 23.7 Å². The Labute approximate surface area is 104 Å². The van der Waals surface area contributed by atoms with Crippen molar-refractivity contribution in [3.05, 3.63) is 46.8 Å². The zero-order valence-corrected chi connectivity index (χ0v) is 9.99. The van der Waals surface area contributed by atoms with E-state index in [1.807, 2.05) is 0 Å². The topological polar surface area (TPSA) is 66.5 Å². The highest BCUT2D eigenvalue weighted by Gasteiger charge is 2.10. The van der Waals surface area contributed by atoms with Crippen molar-refractivity contribution in [2.75, 3.05) is 14.2 Å². The first-order chi connectivity index (χ1) is 8.65. The van der Waals surface area contributed by atoms with E-state index < -0.39 is 4.92 Å². The van der Waals surface area contributed by atoms with E-state index in [0.29, 0.717) is 11.5 Å². The SMILES string of the molecule is COc1cn(-c2ccc([N+](=O)[O-])cc2)cc1OC. The number of aromatic nitrogens is 1. The molecule has 6 heteroatoms. The lowest BCUT2D eigenvalue weighted by Gasteiger charge is -2.01. The van der Waals surface area contributed by atoms with Gasteiger partial charge in [0.15, 0.2) is 11.5 Å². The van der Waals surface area contributed by atoms with Gasteiger partial charge in [-0.2, -0.15) is 0 Å². The zero-order valence-electron chi connectivity index (χ0n) is 9.99. The molecule has 6 nitrogen and oxygen atoms in total. The summed E-state index contributed by atoms with van der Waals surface area (Å²) < 4.78 is 12.1. The number of non-ortho nitro benzene ring substituents is 1. The van der Waals surface area contributed by atoms with Gasteiger partial charge in [0.05, 0.1) is 31.5 Å². The summed E-state index contributed by atoms with van der Waals surface area (Å²) in [6.45, 7) is 0. The van der Waals surface area contributed by atoms with Gasteiger partial charge in [-0.25, -0.2) is 0 Å². The maximum absolute atomic E-state index is 10.6. The predicted molar refractivity (Wildman–Crippen MR) is 65.5 cm³/mol. The van der Waals surface area contributed by atoms with E-state index in [4.69, 9.17) is 9.47 Å². The van der Waals surface area contributed by atoms with Gasteiger partial charge in [-0.15, -0.1) is 0 Å². The summed E-state index contributed by atoms with van der Waals surface area (Å²) in [4.78, 5) is 10.1. The van der Waals surface area contributed by atoms with Crippen LogP contribution in [0.25, 0.3) is 5.69 Å². The van der Waals surface area contributed by atoms with Crippen molar-refractivity contribution in [3.63, 3.8) is 0 Å². The van der Waals surface area contributed by atoms with Crippen LogP contribution in [0.2, 0.25) is 0 Å². The molecule has 0 amide bonds. The highest BCUT2D eigenvalue weighted by Crippen LogP contribution is 2.29. The van der Waals surface area contributed by atoms with Crippen LogP contribution >= 0.6 is 0 Å². The molecular weight excluding hydrogens is 236 g/mol. The molecule has 0 spiro atoms. The number of ether oxygens (including phenoxy) is 2. The quantitative estimate of drug-likeness (QED) is 0.615. The number of nitrogens with zero attached hydrogens (tertiary/aromatic N) is 2. The third-order valence-electron chi connectivity index (χ3n) is 2.55. The Morgan fingerprint density at radius 3 is 1.94 bits per heavy atom. The molecule has 0 aliphatic carbocycles. The predicted octanol–water partition coefficient (Wildman–Crippen LogP) is 2.40. The van der Waals surface area contributed by atoms with Gasteiger partial charge < -0.3 is 14.0 Å². The van der Waals surface area contributed by atoms with Gasteiger partial charge in [0.2, 0.25) is 0 Å². The molecule has 0 aliphatic heterocycles. The first-order valence-corrected chi connectivity index (χ1v) is 5.20.